The van der Waals surface area contributed by atoms with Gasteiger partial charge in [-0.2, -0.15) is 0 Å². The normalized spacial score (nSPS) is 12.1. The third kappa shape index (κ3) is 2.79. The van der Waals surface area contributed by atoms with E-state index in [9.17, 15) is 0 Å². The molecule has 0 aliphatic heterocycles. The van der Waals surface area contributed by atoms with Crippen molar-refractivity contribution in [1.29, 1.82) is 0 Å². The number of benzene rings is 6. The van der Waals surface area contributed by atoms with Crippen LogP contribution in [0.1, 0.15) is 5.56 Å². The van der Waals surface area contributed by atoms with E-state index in [1.807, 2.05) is 0 Å². The smallest absolute Gasteiger partial charge is 0.145 e. The van der Waals surface area contributed by atoms with Crippen LogP contribution >= 0.6 is 0 Å². The lowest BCUT2D eigenvalue weighted by molar-refractivity contribution is 0.672. The monoisotopic (exact) mass is 512 g/mol. The average molecular weight is 513 g/mol. The van der Waals surface area contributed by atoms with Crippen LogP contribution in [0.25, 0.3) is 76.9 Å². The van der Waals surface area contributed by atoms with Crippen molar-refractivity contribution in [2.75, 3.05) is 0 Å². The summed E-state index contributed by atoms with van der Waals surface area (Å²) in [5.41, 5.74) is 10.1. The third-order valence-corrected chi connectivity index (χ3v) is 8.35. The highest BCUT2D eigenvalue weighted by molar-refractivity contribution is 6.30. The average Bonchev–Trinajstić information content (AvgIpc) is 3.64. The lowest BCUT2D eigenvalue weighted by Crippen LogP contribution is -1.95. The molecule has 0 N–H and O–H groups in total. The van der Waals surface area contributed by atoms with Crippen LogP contribution < -0.4 is 0 Å². The zero-order chi connectivity index (χ0) is 26.4. The minimum absolute atomic E-state index is 0.935. The van der Waals surface area contributed by atoms with Crippen molar-refractivity contribution in [3.63, 3.8) is 0 Å². The second kappa shape index (κ2) is 7.87. The molecule has 0 radical (unpaired) electrons. The van der Waals surface area contributed by atoms with Gasteiger partial charge in [0, 0.05) is 38.3 Å². The van der Waals surface area contributed by atoms with Gasteiger partial charge in [-0.3, -0.25) is 0 Å². The molecule has 3 heteroatoms. The summed E-state index contributed by atoms with van der Waals surface area (Å²) in [7, 11) is 0. The van der Waals surface area contributed by atoms with Gasteiger partial charge in [0.05, 0.1) is 27.5 Å². The van der Waals surface area contributed by atoms with Crippen LogP contribution in [0.15, 0.2) is 132 Å². The molecular formula is C37H24N2O. The van der Waals surface area contributed by atoms with E-state index >= 15 is 0 Å². The Bertz CT molecular complexity index is 2420. The summed E-state index contributed by atoms with van der Waals surface area (Å²) < 4.78 is 11.5. The molecule has 0 aliphatic rings. The van der Waals surface area contributed by atoms with Crippen molar-refractivity contribution >= 4 is 65.6 Å². The molecule has 9 rings (SSSR count). The molecule has 3 aromatic heterocycles. The molecule has 0 unspecified atom stereocenters. The zero-order valence-electron chi connectivity index (χ0n) is 21.9. The van der Waals surface area contributed by atoms with E-state index in [1.165, 1.54) is 38.3 Å². The Hall–Kier alpha value is -5.28. The van der Waals surface area contributed by atoms with Crippen LogP contribution in [-0.4, -0.2) is 9.13 Å². The van der Waals surface area contributed by atoms with Crippen LogP contribution in [0.3, 0.4) is 0 Å². The van der Waals surface area contributed by atoms with Gasteiger partial charge in [-0.05, 0) is 73.2 Å². The maximum absolute atomic E-state index is 6.66. The van der Waals surface area contributed by atoms with Crippen molar-refractivity contribution in [1.82, 2.24) is 9.13 Å². The lowest BCUT2D eigenvalue weighted by Gasteiger charge is -2.10. The number of fused-ring (bicyclic) bond motifs is 11. The molecule has 0 aliphatic carbocycles. The van der Waals surface area contributed by atoms with Gasteiger partial charge >= 0.3 is 0 Å². The molecule has 0 amide bonds. The van der Waals surface area contributed by atoms with Crippen LogP contribution in [0, 0.1) is 6.92 Å². The summed E-state index contributed by atoms with van der Waals surface area (Å²) >= 11 is 0. The minimum atomic E-state index is 0.935. The van der Waals surface area contributed by atoms with E-state index in [0.717, 1.165) is 44.2 Å². The summed E-state index contributed by atoms with van der Waals surface area (Å²) in [6.45, 7) is 2.11. The molecule has 40 heavy (non-hydrogen) atoms. The fraction of sp³-hybridized carbons (Fsp3) is 0.0270. The highest BCUT2D eigenvalue weighted by Crippen LogP contribution is 2.45. The number of nitrogens with zero attached hydrogens (tertiary/aromatic N) is 2. The number of hydrogen-bond acceptors (Lipinski definition) is 1. The Morgan fingerprint density at radius 3 is 1.88 bits per heavy atom. The number of para-hydroxylation sites is 3. The first-order valence-corrected chi connectivity index (χ1v) is 13.7. The van der Waals surface area contributed by atoms with Gasteiger partial charge in [-0.1, -0.05) is 66.7 Å². The number of rotatable bonds is 2. The van der Waals surface area contributed by atoms with Crippen LogP contribution in [0.4, 0.5) is 0 Å². The van der Waals surface area contributed by atoms with E-state index in [0.29, 0.717) is 0 Å². The molecule has 0 fully saturated rings. The van der Waals surface area contributed by atoms with Gasteiger partial charge in [0.2, 0.25) is 0 Å². The van der Waals surface area contributed by atoms with Gasteiger partial charge in [0.25, 0.3) is 0 Å². The van der Waals surface area contributed by atoms with E-state index in [-0.39, 0.29) is 0 Å². The van der Waals surface area contributed by atoms with E-state index in [2.05, 4.69) is 143 Å². The van der Waals surface area contributed by atoms with Gasteiger partial charge in [-0.25, -0.2) is 0 Å². The molecular weight excluding hydrogens is 488 g/mol. The molecule has 0 atom stereocenters. The van der Waals surface area contributed by atoms with Crippen molar-refractivity contribution in [2.24, 2.45) is 0 Å². The molecule has 0 saturated heterocycles. The SMILES string of the molecule is Cc1ccc2c(c1)oc1c2ccc2c1c1ccc3c(c4ccccc4n3-c3ccccc3)c1n2-c1ccccc1. The Kier molecular flexibility index (Phi) is 4.26. The van der Waals surface area contributed by atoms with Crippen molar-refractivity contribution in [3.05, 3.63) is 133 Å². The Morgan fingerprint density at radius 2 is 1.10 bits per heavy atom. The molecule has 3 heterocycles. The molecule has 9 aromatic rings. The van der Waals surface area contributed by atoms with Crippen LogP contribution in [0.2, 0.25) is 0 Å². The first-order chi connectivity index (χ1) is 19.8. The third-order valence-electron chi connectivity index (χ3n) is 8.35. The first kappa shape index (κ1) is 21.6. The second-order valence-corrected chi connectivity index (χ2v) is 10.7. The van der Waals surface area contributed by atoms with Gasteiger partial charge in [-0.15, -0.1) is 0 Å². The topological polar surface area (TPSA) is 23.0 Å². The van der Waals surface area contributed by atoms with Gasteiger partial charge < -0.3 is 13.6 Å². The largest absolute Gasteiger partial charge is 0.455 e. The Labute approximate surface area is 230 Å². The molecule has 0 spiro atoms. The van der Waals surface area contributed by atoms with E-state index in [1.54, 1.807) is 0 Å². The van der Waals surface area contributed by atoms with E-state index < -0.39 is 0 Å². The maximum Gasteiger partial charge on any atom is 0.145 e. The molecule has 3 nitrogen and oxygen atoms in total. The highest BCUT2D eigenvalue weighted by Gasteiger charge is 2.23. The van der Waals surface area contributed by atoms with Gasteiger partial charge in [0.1, 0.15) is 11.2 Å². The molecule has 0 bridgehead atoms. The summed E-state index contributed by atoms with van der Waals surface area (Å²) in [5, 5.41) is 7.15. The van der Waals surface area contributed by atoms with Crippen LogP contribution in [-0.2, 0) is 0 Å². The Morgan fingerprint density at radius 1 is 0.475 bits per heavy atom. The zero-order valence-corrected chi connectivity index (χ0v) is 21.9. The number of aryl methyl sites for hydroxylation is 1. The lowest BCUT2D eigenvalue weighted by atomic mass is 10.1. The quantitative estimate of drug-likeness (QED) is 0.226. The molecule has 0 saturated carbocycles. The molecule has 188 valence electrons. The number of hydrogen-bond donors (Lipinski definition) is 0. The summed E-state index contributed by atoms with van der Waals surface area (Å²) in [6, 6.07) is 45.6. The second-order valence-electron chi connectivity index (χ2n) is 10.7. The number of furan rings is 1. The first-order valence-electron chi connectivity index (χ1n) is 13.7. The summed E-state index contributed by atoms with van der Waals surface area (Å²) in [5.74, 6) is 0. The maximum atomic E-state index is 6.66. The van der Waals surface area contributed by atoms with Crippen LogP contribution in [0.5, 0.6) is 0 Å². The van der Waals surface area contributed by atoms with Crippen molar-refractivity contribution < 1.29 is 4.42 Å². The van der Waals surface area contributed by atoms with Crippen molar-refractivity contribution in [2.45, 2.75) is 6.92 Å². The highest BCUT2D eigenvalue weighted by atomic mass is 16.3. The summed E-state index contributed by atoms with van der Waals surface area (Å²) in [6.07, 6.45) is 0. The predicted octanol–water partition coefficient (Wildman–Crippen LogP) is 10.1. The summed E-state index contributed by atoms with van der Waals surface area (Å²) in [4.78, 5) is 0. The molecule has 6 aromatic carbocycles. The van der Waals surface area contributed by atoms with Gasteiger partial charge in [0.15, 0.2) is 0 Å². The number of aromatic nitrogens is 2. The minimum Gasteiger partial charge on any atom is -0.455 e. The predicted molar refractivity (Wildman–Crippen MR) is 167 cm³/mol. The fourth-order valence-electron chi connectivity index (χ4n) is 6.68. The van der Waals surface area contributed by atoms with Crippen molar-refractivity contribution in [3.8, 4) is 11.4 Å². The Balaban J connectivity index is 1.56. The fourth-order valence-corrected chi connectivity index (χ4v) is 6.68. The standard InChI is InChI=1S/C37H24N2O/c1-23-16-17-26-27-18-20-32-35(37(27)40-33(26)22-23)29-19-21-31-34(36(29)39(32)25-12-6-3-7-13-25)28-14-8-9-15-30(28)38(31)24-10-4-2-5-11-24/h2-22H,1H3. The van der Waals surface area contributed by atoms with E-state index in [4.69, 9.17) is 4.42 Å².